The minimum Gasteiger partial charge on any atom is -0.330 e. The molecule has 4 rings (SSSR count). The van der Waals surface area contributed by atoms with Crippen molar-refractivity contribution in [3.63, 3.8) is 0 Å². The van der Waals surface area contributed by atoms with Gasteiger partial charge in [0.05, 0.1) is 0 Å². The number of imidazole rings is 1. The van der Waals surface area contributed by atoms with Crippen molar-refractivity contribution in [3.8, 4) is 0 Å². The summed E-state index contributed by atoms with van der Waals surface area (Å²) in [7, 11) is 0. The van der Waals surface area contributed by atoms with Gasteiger partial charge >= 0.3 is 5.69 Å². The number of benzene rings is 1. The van der Waals surface area contributed by atoms with Gasteiger partial charge in [-0.25, -0.2) is 9.78 Å². The summed E-state index contributed by atoms with van der Waals surface area (Å²) in [5, 5.41) is 0. The third-order valence-corrected chi connectivity index (χ3v) is 5.02. The van der Waals surface area contributed by atoms with Crippen molar-refractivity contribution in [1.29, 1.82) is 0 Å². The number of likely N-dealkylation sites (tertiary alicyclic amines) is 1. The predicted octanol–water partition coefficient (Wildman–Crippen LogP) is 1.69. The molecule has 3 heterocycles. The second-order valence-corrected chi connectivity index (χ2v) is 7.09. The highest BCUT2D eigenvalue weighted by Crippen LogP contribution is 2.27. The number of aromatic amines is 2. The number of nitrogens with one attached hydrogen (secondary N) is 2. The fourth-order valence-electron chi connectivity index (χ4n) is 3.85. The number of hydrogen-bond donors (Lipinski definition) is 2. The molecule has 0 bridgehead atoms. The summed E-state index contributed by atoms with van der Waals surface area (Å²) in [6, 6.07) is 11.8. The normalized spacial score (nSPS) is 17.9. The van der Waals surface area contributed by atoms with E-state index in [0.29, 0.717) is 18.2 Å². The first-order valence-electron chi connectivity index (χ1n) is 9.27. The van der Waals surface area contributed by atoms with Gasteiger partial charge in [0.15, 0.2) is 0 Å². The quantitative estimate of drug-likeness (QED) is 0.720. The van der Waals surface area contributed by atoms with Gasteiger partial charge in [-0.2, -0.15) is 0 Å². The Balaban J connectivity index is 1.48. The molecule has 0 radical (unpaired) electrons. The standard InChI is InChI=1S/C20H23N5O2/c26-18-11-17(22-20(27)23-18)14-24-9-4-7-16(13-24)19-21-8-10-25(19)12-15-5-2-1-3-6-15/h1-3,5-6,8,10-11,16H,4,7,9,12-14H2,(H2,22,23,26,27)/t16-/m1/s1. The number of piperidine rings is 1. The topological polar surface area (TPSA) is 86.8 Å². The van der Waals surface area contributed by atoms with E-state index in [1.165, 1.54) is 11.6 Å². The number of nitrogens with zero attached hydrogens (tertiary/aromatic N) is 3. The van der Waals surface area contributed by atoms with E-state index >= 15 is 0 Å². The Labute approximate surface area is 156 Å². The summed E-state index contributed by atoms with van der Waals surface area (Å²) >= 11 is 0. The maximum atomic E-state index is 11.5. The zero-order valence-electron chi connectivity index (χ0n) is 15.1. The van der Waals surface area contributed by atoms with Crippen LogP contribution < -0.4 is 11.2 Å². The van der Waals surface area contributed by atoms with Gasteiger partial charge in [-0.05, 0) is 24.9 Å². The summed E-state index contributed by atoms with van der Waals surface area (Å²) in [5.41, 5.74) is 1.09. The third-order valence-electron chi connectivity index (χ3n) is 5.02. The molecule has 1 atom stereocenters. The van der Waals surface area contributed by atoms with Crippen molar-refractivity contribution in [2.75, 3.05) is 13.1 Å². The van der Waals surface area contributed by atoms with E-state index in [1.54, 1.807) is 0 Å². The van der Waals surface area contributed by atoms with Crippen molar-refractivity contribution >= 4 is 0 Å². The van der Waals surface area contributed by atoms with Crippen LogP contribution in [0.15, 0.2) is 58.4 Å². The van der Waals surface area contributed by atoms with E-state index in [2.05, 4.69) is 48.7 Å². The monoisotopic (exact) mass is 365 g/mol. The second-order valence-electron chi connectivity index (χ2n) is 7.09. The molecule has 1 saturated heterocycles. The lowest BCUT2D eigenvalue weighted by Gasteiger charge is -2.32. The molecule has 0 unspecified atom stereocenters. The highest BCUT2D eigenvalue weighted by Gasteiger charge is 2.25. The second kappa shape index (κ2) is 7.75. The molecule has 2 aromatic heterocycles. The van der Waals surface area contributed by atoms with Crippen molar-refractivity contribution in [2.45, 2.75) is 31.8 Å². The van der Waals surface area contributed by atoms with Crippen LogP contribution in [0.2, 0.25) is 0 Å². The number of H-pyrrole nitrogens is 2. The third kappa shape index (κ3) is 4.25. The van der Waals surface area contributed by atoms with Crippen LogP contribution in [0.3, 0.4) is 0 Å². The molecule has 140 valence electrons. The first-order chi connectivity index (χ1) is 13.2. The van der Waals surface area contributed by atoms with Crippen LogP contribution in [0, 0.1) is 0 Å². The average molecular weight is 365 g/mol. The highest BCUT2D eigenvalue weighted by atomic mass is 16.2. The Bertz CT molecular complexity index is 976. The van der Waals surface area contributed by atoms with Crippen LogP contribution in [0.5, 0.6) is 0 Å². The van der Waals surface area contributed by atoms with Crippen LogP contribution in [0.25, 0.3) is 0 Å². The van der Waals surface area contributed by atoms with Crippen molar-refractivity contribution in [1.82, 2.24) is 24.4 Å². The molecule has 0 amide bonds. The molecule has 1 aliphatic rings. The number of rotatable bonds is 5. The van der Waals surface area contributed by atoms with E-state index in [0.717, 1.165) is 38.3 Å². The maximum absolute atomic E-state index is 11.5. The predicted molar refractivity (Wildman–Crippen MR) is 103 cm³/mol. The molecule has 0 spiro atoms. The zero-order chi connectivity index (χ0) is 18.6. The van der Waals surface area contributed by atoms with Gasteiger partial charge in [-0.3, -0.25) is 14.7 Å². The lowest BCUT2D eigenvalue weighted by molar-refractivity contribution is 0.192. The zero-order valence-corrected chi connectivity index (χ0v) is 15.1. The molecular weight excluding hydrogens is 342 g/mol. The van der Waals surface area contributed by atoms with E-state index in [9.17, 15) is 9.59 Å². The molecule has 2 N–H and O–H groups in total. The number of aromatic nitrogens is 4. The Morgan fingerprint density at radius 3 is 2.78 bits per heavy atom. The lowest BCUT2D eigenvalue weighted by atomic mass is 9.97. The molecule has 0 saturated carbocycles. The molecule has 27 heavy (non-hydrogen) atoms. The lowest BCUT2D eigenvalue weighted by Crippen LogP contribution is -2.36. The molecule has 3 aromatic rings. The molecule has 7 nitrogen and oxygen atoms in total. The van der Waals surface area contributed by atoms with Gasteiger partial charge in [0.25, 0.3) is 5.56 Å². The Hall–Kier alpha value is -2.93. The van der Waals surface area contributed by atoms with Crippen LogP contribution in [0.4, 0.5) is 0 Å². The van der Waals surface area contributed by atoms with Crippen molar-refractivity contribution in [2.24, 2.45) is 0 Å². The van der Waals surface area contributed by atoms with Crippen LogP contribution in [0.1, 0.15) is 35.8 Å². The van der Waals surface area contributed by atoms with Gasteiger partial charge in [0.1, 0.15) is 5.82 Å². The smallest absolute Gasteiger partial charge is 0.325 e. The molecule has 1 aliphatic heterocycles. The highest BCUT2D eigenvalue weighted by molar-refractivity contribution is 5.16. The Morgan fingerprint density at radius 1 is 1.11 bits per heavy atom. The fraction of sp³-hybridized carbons (Fsp3) is 0.350. The van der Waals surface area contributed by atoms with E-state index in [-0.39, 0.29) is 5.56 Å². The van der Waals surface area contributed by atoms with Crippen LogP contribution >= 0.6 is 0 Å². The van der Waals surface area contributed by atoms with Crippen LogP contribution in [-0.2, 0) is 13.1 Å². The minimum absolute atomic E-state index is 0.339. The summed E-state index contributed by atoms with van der Waals surface area (Å²) in [6.07, 6.45) is 6.06. The Kier molecular flexibility index (Phi) is 5.02. The van der Waals surface area contributed by atoms with Gasteiger partial charge in [0, 0.05) is 49.7 Å². The number of hydrogen-bond acceptors (Lipinski definition) is 4. The summed E-state index contributed by atoms with van der Waals surface area (Å²) in [4.78, 5) is 34.8. The molecular formula is C20H23N5O2. The SMILES string of the molecule is O=c1cc(CN2CCC[C@@H](c3nccn3Cc3ccccc3)C2)[nH]c(=O)[nH]1. The Morgan fingerprint density at radius 2 is 1.96 bits per heavy atom. The maximum Gasteiger partial charge on any atom is 0.325 e. The molecule has 0 aliphatic carbocycles. The summed E-state index contributed by atoms with van der Waals surface area (Å²) in [5.74, 6) is 1.44. The summed E-state index contributed by atoms with van der Waals surface area (Å²) < 4.78 is 2.22. The van der Waals surface area contributed by atoms with Gasteiger partial charge in [-0.1, -0.05) is 30.3 Å². The average Bonchev–Trinajstić information content (AvgIpc) is 3.10. The van der Waals surface area contributed by atoms with E-state index in [1.807, 2.05) is 18.5 Å². The van der Waals surface area contributed by atoms with Crippen molar-refractivity contribution in [3.05, 3.63) is 86.7 Å². The van der Waals surface area contributed by atoms with Crippen molar-refractivity contribution < 1.29 is 0 Å². The van der Waals surface area contributed by atoms with Crippen LogP contribution in [-0.4, -0.2) is 37.5 Å². The van der Waals surface area contributed by atoms with Gasteiger partial charge in [0.2, 0.25) is 0 Å². The molecule has 1 fully saturated rings. The first kappa shape index (κ1) is 17.5. The summed E-state index contributed by atoms with van der Waals surface area (Å²) in [6.45, 7) is 3.19. The van der Waals surface area contributed by atoms with Gasteiger partial charge < -0.3 is 9.55 Å². The van der Waals surface area contributed by atoms with E-state index < -0.39 is 5.69 Å². The molecule has 1 aromatic carbocycles. The fourth-order valence-corrected chi connectivity index (χ4v) is 3.85. The minimum atomic E-state index is -0.454. The van der Waals surface area contributed by atoms with Gasteiger partial charge in [-0.15, -0.1) is 0 Å². The van der Waals surface area contributed by atoms with E-state index in [4.69, 9.17) is 0 Å². The largest absolute Gasteiger partial charge is 0.330 e. The first-order valence-corrected chi connectivity index (χ1v) is 9.27. The molecule has 7 heteroatoms.